The number of rotatable bonds is 4. The van der Waals surface area contributed by atoms with Crippen LogP contribution in [0.3, 0.4) is 0 Å². The molecule has 0 unspecified atom stereocenters. The van der Waals surface area contributed by atoms with Gasteiger partial charge in [-0.1, -0.05) is 17.7 Å². The molecule has 0 fully saturated rings. The number of aromatic nitrogens is 1. The van der Waals surface area contributed by atoms with Gasteiger partial charge in [0.15, 0.2) is 0 Å². The molecule has 1 N–H and O–H groups in total. The predicted molar refractivity (Wildman–Crippen MR) is 66.7 cm³/mol. The Morgan fingerprint density at radius 3 is 2.89 bits per heavy atom. The summed E-state index contributed by atoms with van der Waals surface area (Å²) >= 11 is 0. The van der Waals surface area contributed by atoms with Crippen LogP contribution in [0.1, 0.15) is 21.5 Å². The minimum absolute atomic E-state index is 0.216. The molecule has 0 saturated carbocycles. The molecule has 0 aliphatic carbocycles. The standard InChI is InChI=1S/C14H13NO3/c1-10-4-5-11(13(7-10)14(16)17)9-18-12-3-2-6-15-8-12/h2-8H,9H2,1H3,(H,16,17). The van der Waals surface area contributed by atoms with Crippen LogP contribution in [0.5, 0.6) is 5.75 Å². The largest absolute Gasteiger partial charge is 0.487 e. The average Bonchev–Trinajstić information content (AvgIpc) is 2.38. The summed E-state index contributed by atoms with van der Waals surface area (Å²) in [6.45, 7) is 2.08. The smallest absolute Gasteiger partial charge is 0.336 e. The highest BCUT2D eigenvalue weighted by atomic mass is 16.5. The molecule has 1 heterocycles. The van der Waals surface area contributed by atoms with Gasteiger partial charge in [-0.05, 0) is 25.1 Å². The molecule has 0 amide bonds. The first kappa shape index (κ1) is 12.1. The fraction of sp³-hybridized carbons (Fsp3) is 0.143. The van der Waals surface area contributed by atoms with Gasteiger partial charge in [-0.15, -0.1) is 0 Å². The molecule has 92 valence electrons. The van der Waals surface area contributed by atoms with Gasteiger partial charge in [0, 0.05) is 11.8 Å². The van der Waals surface area contributed by atoms with Crippen molar-refractivity contribution in [3.8, 4) is 5.75 Å². The summed E-state index contributed by atoms with van der Waals surface area (Å²) in [6.07, 6.45) is 3.25. The maximum atomic E-state index is 11.1. The number of ether oxygens (including phenoxy) is 1. The lowest BCUT2D eigenvalue weighted by molar-refractivity contribution is 0.0694. The second kappa shape index (κ2) is 5.31. The van der Waals surface area contributed by atoms with Gasteiger partial charge < -0.3 is 9.84 Å². The van der Waals surface area contributed by atoms with Crippen molar-refractivity contribution < 1.29 is 14.6 Å². The van der Waals surface area contributed by atoms with Gasteiger partial charge in [-0.25, -0.2) is 4.79 Å². The summed E-state index contributed by atoms with van der Waals surface area (Å²) in [7, 11) is 0. The highest BCUT2D eigenvalue weighted by Gasteiger charge is 2.10. The summed E-state index contributed by atoms with van der Waals surface area (Å²) < 4.78 is 5.50. The van der Waals surface area contributed by atoms with E-state index in [0.29, 0.717) is 11.3 Å². The van der Waals surface area contributed by atoms with Gasteiger partial charge >= 0.3 is 5.97 Å². The number of hydrogen-bond acceptors (Lipinski definition) is 3. The van der Waals surface area contributed by atoms with E-state index >= 15 is 0 Å². The third-order valence-corrected chi connectivity index (χ3v) is 2.52. The number of aromatic carboxylic acids is 1. The Bertz CT molecular complexity index is 552. The lowest BCUT2D eigenvalue weighted by atomic mass is 10.1. The number of hydrogen-bond donors (Lipinski definition) is 1. The van der Waals surface area contributed by atoms with E-state index in [9.17, 15) is 4.79 Å². The molecule has 2 aromatic rings. The van der Waals surface area contributed by atoms with Gasteiger partial charge in [0.1, 0.15) is 12.4 Å². The molecule has 0 atom stereocenters. The van der Waals surface area contributed by atoms with Crippen molar-refractivity contribution in [1.82, 2.24) is 4.98 Å². The first-order valence-electron chi connectivity index (χ1n) is 5.52. The van der Waals surface area contributed by atoms with E-state index in [4.69, 9.17) is 9.84 Å². The molecule has 2 rings (SSSR count). The van der Waals surface area contributed by atoms with Crippen LogP contribution >= 0.6 is 0 Å². The zero-order valence-electron chi connectivity index (χ0n) is 9.96. The van der Waals surface area contributed by atoms with Gasteiger partial charge in [-0.3, -0.25) is 4.98 Å². The number of carbonyl (C=O) groups is 1. The summed E-state index contributed by atoms with van der Waals surface area (Å²) in [5, 5.41) is 9.12. The van der Waals surface area contributed by atoms with Crippen molar-refractivity contribution in [3.63, 3.8) is 0 Å². The average molecular weight is 243 g/mol. The minimum atomic E-state index is -0.941. The molecule has 1 aromatic carbocycles. The quantitative estimate of drug-likeness (QED) is 0.896. The maximum absolute atomic E-state index is 11.1. The van der Waals surface area contributed by atoms with Crippen LogP contribution in [0.15, 0.2) is 42.7 Å². The Morgan fingerprint density at radius 2 is 2.22 bits per heavy atom. The fourth-order valence-electron chi connectivity index (χ4n) is 1.61. The molecule has 4 nitrogen and oxygen atoms in total. The topological polar surface area (TPSA) is 59.4 Å². The van der Waals surface area contributed by atoms with E-state index in [-0.39, 0.29) is 12.2 Å². The molecular weight excluding hydrogens is 230 g/mol. The van der Waals surface area contributed by atoms with Crippen molar-refractivity contribution in [2.75, 3.05) is 0 Å². The second-order valence-electron chi connectivity index (χ2n) is 3.94. The molecule has 0 aliphatic rings. The Balaban J connectivity index is 2.17. The second-order valence-corrected chi connectivity index (χ2v) is 3.94. The number of carboxylic acids is 1. The molecule has 0 radical (unpaired) electrons. The molecular formula is C14H13NO3. The van der Waals surface area contributed by atoms with Crippen molar-refractivity contribution >= 4 is 5.97 Å². The lowest BCUT2D eigenvalue weighted by Gasteiger charge is -2.09. The molecule has 0 saturated heterocycles. The van der Waals surface area contributed by atoms with Gasteiger partial charge in [0.25, 0.3) is 0 Å². The highest BCUT2D eigenvalue weighted by molar-refractivity contribution is 5.89. The Labute approximate surface area is 105 Å². The Kier molecular flexibility index (Phi) is 3.57. The maximum Gasteiger partial charge on any atom is 0.336 e. The van der Waals surface area contributed by atoms with Gasteiger partial charge in [0.05, 0.1) is 11.8 Å². The SMILES string of the molecule is Cc1ccc(COc2cccnc2)c(C(=O)O)c1. The Hall–Kier alpha value is -2.36. The van der Waals surface area contributed by atoms with Crippen LogP contribution in [0.4, 0.5) is 0 Å². The summed E-state index contributed by atoms with van der Waals surface area (Å²) in [4.78, 5) is 15.0. The van der Waals surface area contributed by atoms with Crippen molar-refractivity contribution in [2.24, 2.45) is 0 Å². The highest BCUT2D eigenvalue weighted by Crippen LogP contribution is 2.15. The van der Waals surface area contributed by atoms with Gasteiger partial charge in [-0.2, -0.15) is 0 Å². The van der Waals surface area contributed by atoms with Gasteiger partial charge in [0.2, 0.25) is 0 Å². The molecule has 18 heavy (non-hydrogen) atoms. The minimum Gasteiger partial charge on any atom is -0.487 e. The molecule has 1 aromatic heterocycles. The number of aryl methyl sites for hydroxylation is 1. The van der Waals surface area contributed by atoms with Crippen LogP contribution in [0.25, 0.3) is 0 Å². The summed E-state index contributed by atoms with van der Waals surface area (Å²) in [6, 6.07) is 8.83. The third kappa shape index (κ3) is 2.85. The molecule has 0 aliphatic heterocycles. The van der Waals surface area contributed by atoms with E-state index in [2.05, 4.69) is 4.98 Å². The number of nitrogens with zero attached hydrogens (tertiary/aromatic N) is 1. The molecule has 0 spiro atoms. The van der Waals surface area contributed by atoms with E-state index in [1.165, 1.54) is 0 Å². The number of benzene rings is 1. The van der Waals surface area contributed by atoms with Crippen molar-refractivity contribution in [2.45, 2.75) is 13.5 Å². The monoisotopic (exact) mass is 243 g/mol. The molecule has 4 heteroatoms. The first-order chi connectivity index (χ1) is 8.66. The van der Waals surface area contributed by atoms with Crippen LogP contribution in [-0.4, -0.2) is 16.1 Å². The van der Waals surface area contributed by atoms with Crippen LogP contribution in [-0.2, 0) is 6.61 Å². The molecule has 0 bridgehead atoms. The Morgan fingerprint density at radius 1 is 1.39 bits per heavy atom. The van der Waals surface area contributed by atoms with E-state index in [1.807, 2.05) is 13.0 Å². The van der Waals surface area contributed by atoms with E-state index < -0.39 is 5.97 Å². The zero-order valence-corrected chi connectivity index (χ0v) is 9.96. The van der Waals surface area contributed by atoms with E-state index in [1.54, 1.807) is 36.7 Å². The van der Waals surface area contributed by atoms with Crippen LogP contribution < -0.4 is 4.74 Å². The summed E-state index contributed by atoms with van der Waals surface area (Å²) in [5.74, 6) is -0.321. The van der Waals surface area contributed by atoms with E-state index in [0.717, 1.165) is 5.56 Å². The van der Waals surface area contributed by atoms with Crippen molar-refractivity contribution in [3.05, 3.63) is 59.4 Å². The number of carboxylic acid groups (broad SMARTS) is 1. The fourth-order valence-corrected chi connectivity index (χ4v) is 1.61. The third-order valence-electron chi connectivity index (χ3n) is 2.52. The zero-order chi connectivity index (χ0) is 13.0. The van der Waals surface area contributed by atoms with Crippen LogP contribution in [0, 0.1) is 6.92 Å². The normalized spacial score (nSPS) is 10.1. The number of pyridine rings is 1. The van der Waals surface area contributed by atoms with Crippen LogP contribution in [0.2, 0.25) is 0 Å². The van der Waals surface area contributed by atoms with Crippen molar-refractivity contribution in [1.29, 1.82) is 0 Å². The predicted octanol–water partition coefficient (Wildman–Crippen LogP) is 2.67. The summed E-state index contributed by atoms with van der Waals surface area (Å²) in [5.41, 5.74) is 1.84. The lowest BCUT2D eigenvalue weighted by Crippen LogP contribution is -2.06. The first-order valence-corrected chi connectivity index (χ1v) is 5.52.